The largest absolute Gasteiger partial charge is 0.378 e. The molecule has 1 heterocycles. The molecule has 0 fully saturated rings. The molecule has 3 rings (SSSR count). The van der Waals surface area contributed by atoms with Crippen molar-refractivity contribution in [2.24, 2.45) is 0 Å². The molecule has 2 aromatic rings. The van der Waals surface area contributed by atoms with Gasteiger partial charge in [-0.15, -0.1) is 0 Å². The van der Waals surface area contributed by atoms with Gasteiger partial charge in [0.15, 0.2) is 0 Å². The van der Waals surface area contributed by atoms with Crippen molar-refractivity contribution in [3.63, 3.8) is 0 Å². The summed E-state index contributed by atoms with van der Waals surface area (Å²) in [7, 11) is 4.00. The molecule has 0 saturated heterocycles. The van der Waals surface area contributed by atoms with E-state index in [9.17, 15) is 4.79 Å². The minimum atomic E-state index is 0.0292. The molecule has 1 aromatic heterocycles. The van der Waals surface area contributed by atoms with Crippen LogP contribution >= 0.6 is 0 Å². The number of anilines is 1. The highest BCUT2D eigenvalue weighted by Crippen LogP contribution is 2.21. The van der Waals surface area contributed by atoms with Crippen LogP contribution in [0.4, 0.5) is 5.69 Å². The molecule has 0 aliphatic heterocycles. The zero-order chi connectivity index (χ0) is 19.1. The first kappa shape index (κ1) is 19.1. The molecule has 27 heavy (non-hydrogen) atoms. The van der Waals surface area contributed by atoms with Gasteiger partial charge in [0.25, 0.3) is 0 Å². The standard InChI is InChI=1S/C21H28N4O2/c1-25(2)18-10-8-17(9-11-18)21-23-20(27-24-21)13-12-19(26)22-15-14-16-6-4-3-5-7-16/h6,8-11H,3-5,7,12-15H2,1-2H3,(H,22,26). The van der Waals surface area contributed by atoms with Crippen LogP contribution in [-0.4, -0.2) is 36.7 Å². The second kappa shape index (κ2) is 9.35. The fourth-order valence-corrected chi connectivity index (χ4v) is 3.19. The monoisotopic (exact) mass is 368 g/mol. The fraction of sp³-hybridized carbons (Fsp3) is 0.476. The molecule has 0 atom stereocenters. The number of hydrogen-bond donors (Lipinski definition) is 1. The molecular formula is C21H28N4O2. The van der Waals surface area contributed by atoms with Crippen molar-refractivity contribution in [1.29, 1.82) is 0 Å². The van der Waals surface area contributed by atoms with Crippen LogP contribution in [0.15, 0.2) is 40.4 Å². The molecule has 1 aromatic carbocycles. The van der Waals surface area contributed by atoms with E-state index in [-0.39, 0.29) is 5.91 Å². The van der Waals surface area contributed by atoms with Crippen LogP contribution in [0.5, 0.6) is 0 Å². The second-order valence-corrected chi connectivity index (χ2v) is 7.16. The van der Waals surface area contributed by atoms with E-state index in [2.05, 4.69) is 21.5 Å². The molecule has 0 unspecified atom stereocenters. The Bertz CT molecular complexity index is 778. The maximum atomic E-state index is 12.0. The molecule has 0 saturated carbocycles. The van der Waals surface area contributed by atoms with E-state index < -0.39 is 0 Å². The molecule has 6 heteroatoms. The number of amides is 1. The van der Waals surface area contributed by atoms with Crippen LogP contribution in [0.25, 0.3) is 11.4 Å². The maximum absolute atomic E-state index is 12.0. The lowest BCUT2D eigenvalue weighted by molar-refractivity contribution is -0.121. The number of rotatable bonds is 8. The molecule has 1 amide bonds. The van der Waals surface area contributed by atoms with Crippen LogP contribution in [-0.2, 0) is 11.2 Å². The van der Waals surface area contributed by atoms with Crippen molar-refractivity contribution in [2.75, 3.05) is 25.5 Å². The average Bonchev–Trinajstić information content (AvgIpc) is 3.16. The van der Waals surface area contributed by atoms with Crippen molar-refractivity contribution in [1.82, 2.24) is 15.5 Å². The zero-order valence-electron chi connectivity index (χ0n) is 16.2. The number of carbonyl (C=O) groups is 1. The van der Waals surface area contributed by atoms with Gasteiger partial charge in [0.2, 0.25) is 17.6 Å². The summed E-state index contributed by atoms with van der Waals surface area (Å²) in [4.78, 5) is 18.4. The van der Waals surface area contributed by atoms with Crippen molar-refractivity contribution in [3.8, 4) is 11.4 Å². The van der Waals surface area contributed by atoms with E-state index in [1.165, 1.54) is 31.3 Å². The van der Waals surface area contributed by atoms with Gasteiger partial charge < -0.3 is 14.7 Å². The highest BCUT2D eigenvalue weighted by Gasteiger charge is 2.11. The van der Waals surface area contributed by atoms with Crippen molar-refractivity contribution < 1.29 is 9.32 Å². The first-order valence-corrected chi connectivity index (χ1v) is 9.67. The summed E-state index contributed by atoms with van der Waals surface area (Å²) in [6, 6.07) is 7.97. The number of benzene rings is 1. The van der Waals surface area contributed by atoms with E-state index in [0.717, 1.165) is 17.7 Å². The molecule has 144 valence electrons. The number of aryl methyl sites for hydroxylation is 1. The van der Waals surface area contributed by atoms with Gasteiger partial charge in [-0.25, -0.2) is 0 Å². The van der Waals surface area contributed by atoms with Crippen LogP contribution < -0.4 is 10.2 Å². The Morgan fingerprint density at radius 1 is 1.19 bits per heavy atom. The van der Waals surface area contributed by atoms with Crippen molar-refractivity contribution >= 4 is 11.6 Å². The lowest BCUT2D eigenvalue weighted by atomic mass is 9.97. The second-order valence-electron chi connectivity index (χ2n) is 7.16. The number of aromatic nitrogens is 2. The van der Waals surface area contributed by atoms with Crippen LogP contribution in [0.1, 0.15) is 44.4 Å². The van der Waals surface area contributed by atoms with E-state index in [4.69, 9.17) is 4.52 Å². The number of nitrogens with one attached hydrogen (secondary N) is 1. The van der Waals surface area contributed by atoms with Gasteiger partial charge in [-0.05, 0) is 56.4 Å². The Labute approximate surface area is 160 Å². The third-order valence-corrected chi connectivity index (χ3v) is 4.83. The van der Waals surface area contributed by atoms with Crippen molar-refractivity contribution in [3.05, 3.63) is 41.8 Å². The Morgan fingerprint density at radius 2 is 2.00 bits per heavy atom. The van der Waals surface area contributed by atoms with Gasteiger partial charge >= 0.3 is 0 Å². The SMILES string of the molecule is CN(C)c1ccc(-c2noc(CCC(=O)NCCC3=CCCCC3)n2)cc1. The van der Waals surface area contributed by atoms with E-state index in [1.54, 1.807) is 0 Å². The normalized spacial score (nSPS) is 13.9. The minimum Gasteiger partial charge on any atom is -0.378 e. The van der Waals surface area contributed by atoms with Crippen molar-refractivity contribution in [2.45, 2.75) is 44.9 Å². The summed E-state index contributed by atoms with van der Waals surface area (Å²) in [5.74, 6) is 1.08. The van der Waals surface area contributed by atoms with E-state index >= 15 is 0 Å². The molecule has 0 radical (unpaired) electrons. The molecule has 1 aliphatic carbocycles. The number of nitrogens with zero attached hydrogens (tertiary/aromatic N) is 3. The zero-order valence-corrected chi connectivity index (χ0v) is 16.2. The minimum absolute atomic E-state index is 0.0292. The van der Waals surface area contributed by atoms with Gasteiger partial charge in [-0.2, -0.15) is 4.98 Å². The predicted molar refractivity (Wildman–Crippen MR) is 107 cm³/mol. The molecular weight excluding hydrogens is 340 g/mol. The Kier molecular flexibility index (Phi) is 6.63. The smallest absolute Gasteiger partial charge is 0.227 e. The molecule has 0 bridgehead atoms. The van der Waals surface area contributed by atoms with Gasteiger partial charge in [0.1, 0.15) is 0 Å². The van der Waals surface area contributed by atoms with Crippen LogP contribution in [0.2, 0.25) is 0 Å². The van der Waals surface area contributed by atoms with E-state index in [1.807, 2.05) is 43.3 Å². The fourth-order valence-electron chi connectivity index (χ4n) is 3.19. The maximum Gasteiger partial charge on any atom is 0.227 e. The quantitative estimate of drug-likeness (QED) is 0.719. The third-order valence-electron chi connectivity index (χ3n) is 4.83. The first-order chi connectivity index (χ1) is 13.1. The molecule has 6 nitrogen and oxygen atoms in total. The Morgan fingerprint density at radius 3 is 2.70 bits per heavy atom. The van der Waals surface area contributed by atoms with Gasteiger partial charge in [0.05, 0.1) is 0 Å². The average molecular weight is 368 g/mol. The highest BCUT2D eigenvalue weighted by molar-refractivity contribution is 5.76. The topological polar surface area (TPSA) is 71.3 Å². The third kappa shape index (κ3) is 5.67. The Balaban J connectivity index is 1.43. The van der Waals surface area contributed by atoms with Crippen LogP contribution in [0.3, 0.4) is 0 Å². The lowest BCUT2D eigenvalue weighted by Gasteiger charge is -2.12. The number of carbonyl (C=O) groups excluding carboxylic acids is 1. The van der Waals surface area contributed by atoms with Gasteiger partial charge in [-0.1, -0.05) is 16.8 Å². The first-order valence-electron chi connectivity index (χ1n) is 9.67. The predicted octanol–water partition coefficient (Wildman–Crippen LogP) is 3.74. The summed E-state index contributed by atoms with van der Waals surface area (Å²) in [5.41, 5.74) is 3.49. The van der Waals surface area contributed by atoms with E-state index in [0.29, 0.717) is 31.1 Å². The summed E-state index contributed by atoms with van der Waals surface area (Å²) in [5, 5.41) is 7.00. The number of hydrogen-bond acceptors (Lipinski definition) is 5. The molecule has 0 spiro atoms. The summed E-state index contributed by atoms with van der Waals surface area (Å²) >= 11 is 0. The molecule has 1 aliphatic rings. The highest BCUT2D eigenvalue weighted by atomic mass is 16.5. The summed E-state index contributed by atoms with van der Waals surface area (Å²) in [6.07, 6.45) is 9.02. The lowest BCUT2D eigenvalue weighted by Crippen LogP contribution is -2.25. The van der Waals surface area contributed by atoms with Crippen LogP contribution in [0, 0.1) is 0 Å². The van der Waals surface area contributed by atoms with Gasteiger partial charge in [0, 0.05) is 44.7 Å². The number of allylic oxidation sites excluding steroid dienone is 1. The molecule has 1 N–H and O–H groups in total. The van der Waals surface area contributed by atoms with Gasteiger partial charge in [-0.3, -0.25) is 4.79 Å². The summed E-state index contributed by atoms with van der Waals surface area (Å²) in [6.45, 7) is 0.706. The Hall–Kier alpha value is -2.63. The summed E-state index contributed by atoms with van der Waals surface area (Å²) < 4.78 is 5.29.